The summed E-state index contributed by atoms with van der Waals surface area (Å²) in [6.07, 6.45) is 0.789. The highest BCUT2D eigenvalue weighted by Crippen LogP contribution is 2.45. The van der Waals surface area contributed by atoms with Gasteiger partial charge in [-0.05, 0) is 69.0 Å². The fourth-order valence-corrected chi connectivity index (χ4v) is 4.32. The summed E-state index contributed by atoms with van der Waals surface area (Å²) >= 11 is 0. The van der Waals surface area contributed by atoms with Gasteiger partial charge in [0.15, 0.2) is 0 Å². The summed E-state index contributed by atoms with van der Waals surface area (Å²) < 4.78 is 19.3. The number of hydrogen-bond donors (Lipinski definition) is 2. The lowest BCUT2D eigenvalue weighted by Crippen LogP contribution is -2.31. The standard InChI is InChI=1S/C25H28FN3O3/c1-14(2)32-11-5-10-29-23(17-6-8-18(26)9-7-17)20-21(27-28-22(20)25(29)31)19-13-15(3)12-16(4)24(19)30/h6-9,12-14,23,30H,5,10-11H2,1-4H3,(H,27,28). The molecule has 1 aromatic heterocycles. The van der Waals surface area contributed by atoms with E-state index in [1.807, 2.05) is 39.8 Å². The SMILES string of the molecule is Cc1cc(C)c(O)c(-c2n[nH]c3c2C(c2ccc(F)cc2)N(CCCOC(C)C)C3=O)c1. The van der Waals surface area contributed by atoms with Crippen LogP contribution in [0.5, 0.6) is 5.75 Å². The van der Waals surface area contributed by atoms with Gasteiger partial charge in [0, 0.05) is 24.3 Å². The Hall–Kier alpha value is -3.19. The fraction of sp³-hybridized carbons (Fsp3) is 0.360. The van der Waals surface area contributed by atoms with Crippen LogP contribution in [0.2, 0.25) is 0 Å². The summed E-state index contributed by atoms with van der Waals surface area (Å²) in [4.78, 5) is 15.1. The van der Waals surface area contributed by atoms with Crippen molar-refractivity contribution in [2.24, 2.45) is 0 Å². The lowest BCUT2D eigenvalue weighted by Gasteiger charge is -2.26. The first-order valence-electron chi connectivity index (χ1n) is 10.8. The molecule has 0 spiro atoms. The predicted octanol–water partition coefficient (Wildman–Crippen LogP) is 4.90. The molecule has 168 valence electrons. The van der Waals surface area contributed by atoms with Gasteiger partial charge in [-0.1, -0.05) is 18.2 Å². The van der Waals surface area contributed by atoms with E-state index in [0.29, 0.717) is 42.1 Å². The number of H-pyrrole nitrogens is 1. The zero-order valence-corrected chi connectivity index (χ0v) is 18.8. The van der Waals surface area contributed by atoms with Gasteiger partial charge in [-0.15, -0.1) is 0 Å². The van der Waals surface area contributed by atoms with Crippen molar-refractivity contribution in [3.8, 4) is 17.0 Å². The number of rotatable bonds is 7. The maximum atomic E-state index is 13.6. The summed E-state index contributed by atoms with van der Waals surface area (Å²) in [5.41, 5.74) is 4.72. The molecule has 1 unspecified atom stereocenters. The van der Waals surface area contributed by atoms with E-state index in [1.54, 1.807) is 17.0 Å². The summed E-state index contributed by atoms with van der Waals surface area (Å²) in [7, 11) is 0. The number of fused-ring (bicyclic) bond motifs is 1. The van der Waals surface area contributed by atoms with Crippen LogP contribution in [0.15, 0.2) is 36.4 Å². The van der Waals surface area contributed by atoms with Crippen LogP contribution in [0.3, 0.4) is 0 Å². The number of halogens is 1. The minimum atomic E-state index is -0.439. The number of aromatic nitrogens is 2. The van der Waals surface area contributed by atoms with Crippen molar-refractivity contribution in [3.05, 3.63) is 70.2 Å². The number of nitrogens with one attached hydrogen (secondary N) is 1. The number of aromatic amines is 1. The van der Waals surface area contributed by atoms with Gasteiger partial charge in [0.25, 0.3) is 5.91 Å². The van der Waals surface area contributed by atoms with Crippen LogP contribution >= 0.6 is 0 Å². The Bertz CT molecular complexity index is 1140. The summed E-state index contributed by atoms with van der Waals surface area (Å²) in [6, 6.07) is 9.50. The van der Waals surface area contributed by atoms with Gasteiger partial charge in [-0.25, -0.2) is 4.39 Å². The number of aryl methyl sites for hydroxylation is 2. The minimum Gasteiger partial charge on any atom is -0.507 e. The molecule has 0 fully saturated rings. The van der Waals surface area contributed by atoms with Gasteiger partial charge in [0.2, 0.25) is 0 Å². The zero-order valence-electron chi connectivity index (χ0n) is 18.8. The zero-order chi connectivity index (χ0) is 23.0. The number of hydrogen-bond acceptors (Lipinski definition) is 4. The molecule has 0 saturated heterocycles. The highest BCUT2D eigenvalue weighted by atomic mass is 19.1. The molecule has 32 heavy (non-hydrogen) atoms. The maximum Gasteiger partial charge on any atom is 0.273 e. The number of amides is 1. The average Bonchev–Trinajstić information content (AvgIpc) is 3.28. The highest BCUT2D eigenvalue weighted by molar-refractivity contribution is 6.00. The molecular formula is C25H28FN3O3. The Morgan fingerprint density at radius 2 is 1.94 bits per heavy atom. The van der Waals surface area contributed by atoms with E-state index in [2.05, 4.69) is 10.2 Å². The molecule has 1 amide bonds. The van der Waals surface area contributed by atoms with E-state index >= 15 is 0 Å². The van der Waals surface area contributed by atoms with E-state index < -0.39 is 6.04 Å². The Morgan fingerprint density at radius 3 is 2.62 bits per heavy atom. The van der Waals surface area contributed by atoms with Crippen molar-refractivity contribution in [2.45, 2.75) is 46.3 Å². The Morgan fingerprint density at radius 1 is 1.22 bits per heavy atom. The number of carbonyl (C=O) groups is 1. The summed E-state index contributed by atoms with van der Waals surface area (Å²) in [5.74, 6) is -0.366. The number of nitrogens with zero attached hydrogens (tertiary/aromatic N) is 2. The molecule has 0 aliphatic carbocycles. The second kappa shape index (κ2) is 8.74. The van der Waals surface area contributed by atoms with Crippen LogP contribution < -0.4 is 0 Å². The Balaban J connectivity index is 1.79. The predicted molar refractivity (Wildman–Crippen MR) is 120 cm³/mol. The first-order valence-corrected chi connectivity index (χ1v) is 10.8. The molecule has 1 atom stereocenters. The van der Waals surface area contributed by atoms with Crippen molar-refractivity contribution in [1.82, 2.24) is 15.1 Å². The number of phenols is 1. The Labute approximate surface area is 187 Å². The third-order valence-electron chi connectivity index (χ3n) is 5.74. The molecule has 6 nitrogen and oxygen atoms in total. The topological polar surface area (TPSA) is 78.5 Å². The van der Waals surface area contributed by atoms with E-state index in [0.717, 1.165) is 16.7 Å². The summed E-state index contributed by atoms with van der Waals surface area (Å²) in [5, 5.41) is 18.1. The molecular weight excluding hydrogens is 409 g/mol. The lowest BCUT2D eigenvalue weighted by molar-refractivity contribution is 0.0601. The van der Waals surface area contributed by atoms with Gasteiger partial charge >= 0.3 is 0 Å². The van der Waals surface area contributed by atoms with Crippen LogP contribution in [-0.2, 0) is 4.74 Å². The van der Waals surface area contributed by atoms with Crippen molar-refractivity contribution in [1.29, 1.82) is 0 Å². The molecule has 2 N–H and O–H groups in total. The largest absolute Gasteiger partial charge is 0.507 e. The molecule has 4 rings (SSSR count). The smallest absolute Gasteiger partial charge is 0.273 e. The molecule has 0 radical (unpaired) electrons. The van der Waals surface area contributed by atoms with Gasteiger partial charge in [0.05, 0.1) is 12.1 Å². The minimum absolute atomic E-state index is 0.119. The second-order valence-corrected chi connectivity index (χ2v) is 8.56. The van der Waals surface area contributed by atoms with Crippen LogP contribution in [0.1, 0.15) is 59.1 Å². The van der Waals surface area contributed by atoms with E-state index in [4.69, 9.17) is 4.74 Å². The molecule has 2 heterocycles. The molecule has 2 aromatic carbocycles. The number of phenolic OH excluding ortho intramolecular Hbond substituents is 1. The van der Waals surface area contributed by atoms with Gasteiger partial charge in [-0.2, -0.15) is 5.10 Å². The second-order valence-electron chi connectivity index (χ2n) is 8.56. The van der Waals surface area contributed by atoms with Crippen molar-refractivity contribution < 1.29 is 19.0 Å². The number of aromatic hydroxyl groups is 1. The lowest BCUT2D eigenvalue weighted by atomic mass is 9.94. The first-order chi connectivity index (χ1) is 15.3. The third kappa shape index (κ3) is 4.00. The number of ether oxygens (including phenoxy) is 1. The van der Waals surface area contributed by atoms with Crippen LogP contribution in [0.4, 0.5) is 4.39 Å². The van der Waals surface area contributed by atoms with Crippen molar-refractivity contribution in [2.75, 3.05) is 13.2 Å². The maximum absolute atomic E-state index is 13.6. The fourth-order valence-electron chi connectivity index (χ4n) is 4.32. The first kappa shape index (κ1) is 22.0. The monoisotopic (exact) mass is 437 g/mol. The van der Waals surface area contributed by atoms with Crippen LogP contribution in [0, 0.1) is 19.7 Å². The van der Waals surface area contributed by atoms with E-state index in [1.165, 1.54) is 12.1 Å². The third-order valence-corrected chi connectivity index (χ3v) is 5.74. The molecule has 7 heteroatoms. The van der Waals surface area contributed by atoms with Crippen molar-refractivity contribution >= 4 is 5.91 Å². The summed E-state index contributed by atoms with van der Waals surface area (Å²) in [6.45, 7) is 8.75. The molecule has 0 saturated carbocycles. The molecule has 1 aliphatic heterocycles. The normalized spacial score (nSPS) is 15.6. The van der Waals surface area contributed by atoms with E-state index in [-0.39, 0.29) is 23.6 Å². The quantitative estimate of drug-likeness (QED) is 0.516. The Kier molecular flexibility index (Phi) is 6.02. The molecule has 0 bridgehead atoms. The molecule has 1 aliphatic rings. The number of benzene rings is 2. The van der Waals surface area contributed by atoms with E-state index in [9.17, 15) is 14.3 Å². The highest BCUT2D eigenvalue weighted by Gasteiger charge is 2.42. The average molecular weight is 438 g/mol. The van der Waals surface area contributed by atoms with Gasteiger partial charge in [-0.3, -0.25) is 9.89 Å². The van der Waals surface area contributed by atoms with Crippen LogP contribution in [-0.4, -0.2) is 45.4 Å². The molecule has 3 aromatic rings. The van der Waals surface area contributed by atoms with Gasteiger partial charge < -0.3 is 14.7 Å². The van der Waals surface area contributed by atoms with Crippen LogP contribution in [0.25, 0.3) is 11.3 Å². The van der Waals surface area contributed by atoms with Crippen molar-refractivity contribution in [3.63, 3.8) is 0 Å². The number of carbonyl (C=O) groups excluding carboxylic acids is 1. The van der Waals surface area contributed by atoms with Gasteiger partial charge in [0.1, 0.15) is 23.0 Å².